The topological polar surface area (TPSA) is 33.1 Å². The highest BCUT2D eigenvalue weighted by Crippen LogP contribution is 2.23. The number of aryl methyl sites for hydroxylation is 1. The first-order chi connectivity index (χ1) is 11.8. The van der Waals surface area contributed by atoms with Crippen LogP contribution in [-0.2, 0) is 26.1 Å². The quantitative estimate of drug-likeness (QED) is 0.818. The number of fused-ring (bicyclic) bond motifs is 1. The molecule has 1 atom stereocenters. The van der Waals surface area contributed by atoms with Crippen LogP contribution in [0.4, 0.5) is 0 Å². The second kappa shape index (κ2) is 9.95. The fraction of sp³-hybridized carbons (Fsp3) is 0.526. The summed E-state index contributed by atoms with van der Waals surface area (Å²) >= 11 is 5.97. The molecule has 0 saturated carbocycles. The van der Waals surface area contributed by atoms with Crippen LogP contribution in [0.1, 0.15) is 29.8 Å². The summed E-state index contributed by atoms with van der Waals surface area (Å²) in [5.41, 5.74) is 3.95. The number of nitrogens with zero attached hydrogens (tertiary/aromatic N) is 3. The Kier molecular flexibility index (Phi) is 8.24. The SMILES string of the molecule is Cl.Cl.Clc1ccc(CC2CCN(Cc3cc4n(n3)CCCNC4)C2)cc1. The maximum Gasteiger partial charge on any atom is 0.0768 e. The number of benzene rings is 1. The van der Waals surface area contributed by atoms with Crippen molar-refractivity contribution in [2.75, 3.05) is 19.6 Å². The number of hydrogen-bond donors (Lipinski definition) is 1. The van der Waals surface area contributed by atoms with Crippen LogP contribution in [0.25, 0.3) is 0 Å². The number of hydrogen-bond acceptors (Lipinski definition) is 3. The van der Waals surface area contributed by atoms with E-state index in [9.17, 15) is 0 Å². The molecule has 2 aliphatic rings. The number of likely N-dealkylation sites (tertiary alicyclic amines) is 1. The van der Waals surface area contributed by atoms with Gasteiger partial charge in [0.25, 0.3) is 0 Å². The third-order valence-corrected chi connectivity index (χ3v) is 5.39. The van der Waals surface area contributed by atoms with Crippen molar-refractivity contribution in [1.82, 2.24) is 20.0 Å². The fourth-order valence-corrected chi connectivity index (χ4v) is 4.03. The predicted molar refractivity (Wildman–Crippen MR) is 112 cm³/mol. The Labute approximate surface area is 173 Å². The highest BCUT2D eigenvalue weighted by atomic mass is 35.5. The van der Waals surface area contributed by atoms with Crippen LogP contribution >= 0.6 is 36.4 Å². The van der Waals surface area contributed by atoms with E-state index in [1.165, 1.54) is 42.9 Å². The van der Waals surface area contributed by atoms with Gasteiger partial charge in [-0.3, -0.25) is 9.58 Å². The summed E-state index contributed by atoms with van der Waals surface area (Å²) in [7, 11) is 0. The molecule has 0 bridgehead atoms. The first-order valence-corrected chi connectivity index (χ1v) is 9.37. The van der Waals surface area contributed by atoms with Gasteiger partial charge in [-0.2, -0.15) is 5.10 Å². The van der Waals surface area contributed by atoms with Gasteiger partial charge < -0.3 is 5.32 Å². The molecule has 2 aliphatic heterocycles. The van der Waals surface area contributed by atoms with Crippen molar-refractivity contribution in [1.29, 1.82) is 0 Å². The molecule has 1 N–H and O–H groups in total. The van der Waals surface area contributed by atoms with Gasteiger partial charge in [0.05, 0.1) is 11.4 Å². The molecule has 1 aromatic carbocycles. The molecule has 7 heteroatoms. The van der Waals surface area contributed by atoms with Crippen LogP contribution in [0, 0.1) is 5.92 Å². The van der Waals surface area contributed by atoms with E-state index in [2.05, 4.69) is 33.1 Å². The van der Waals surface area contributed by atoms with Crippen LogP contribution in [-0.4, -0.2) is 34.3 Å². The van der Waals surface area contributed by atoms with Crippen molar-refractivity contribution >= 4 is 36.4 Å². The van der Waals surface area contributed by atoms with E-state index >= 15 is 0 Å². The monoisotopic (exact) mass is 416 g/mol. The number of rotatable bonds is 4. The molecular formula is C19H27Cl3N4. The van der Waals surface area contributed by atoms with E-state index in [1.54, 1.807) is 0 Å². The molecule has 3 heterocycles. The van der Waals surface area contributed by atoms with Gasteiger partial charge in [-0.1, -0.05) is 23.7 Å². The van der Waals surface area contributed by atoms with Crippen LogP contribution in [0.3, 0.4) is 0 Å². The second-order valence-electron chi connectivity index (χ2n) is 7.10. The fourth-order valence-electron chi connectivity index (χ4n) is 3.90. The normalized spacial score (nSPS) is 20.0. The first kappa shape index (κ1) is 21.5. The Bertz CT molecular complexity index is 663. The average Bonchev–Trinajstić information content (AvgIpc) is 3.11. The molecule has 4 nitrogen and oxygen atoms in total. The summed E-state index contributed by atoms with van der Waals surface area (Å²) in [4.78, 5) is 2.55. The van der Waals surface area contributed by atoms with Crippen LogP contribution in [0.2, 0.25) is 5.02 Å². The molecule has 4 rings (SSSR count). The van der Waals surface area contributed by atoms with Gasteiger partial charge in [-0.25, -0.2) is 0 Å². The highest BCUT2D eigenvalue weighted by Gasteiger charge is 2.23. The van der Waals surface area contributed by atoms with E-state index in [4.69, 9.17) is 16.7 Å². The van der Waals surface area contributed by atoms with Crippen LogP contribution < -0.4 is 5.32 Å². The molecule has 26 heavy (non-hydrogen) atoms. The van der Waals surface area contributed by atoms with E-state index in [1.807, 2.05) is 12.1 Å². The largest absolute Gasteiger partial charge is 0.311 e. The van der Waals surface area contributed by atoms with Gasteiger partial charge in [-0.15, -0.1) is 24.8 Å². The molecule has 0 spiro atoms. The van der Waals surface area contributed by atoms with Crippen molar-refractivity contribution < 1.29 is 0 Å². The molecule has 0 amide bonds. The van der Waals surface area contributed by atoms with Crippen molar-refractivity contribution in [3.05, 3.63) is 52.3 Å². The van der Waals surface area contributed by atoms with Gasteiger partial charge in [0.1, 0.15) is 0 Å². The van der Waals surface area contributed by atoms with Gasteiger partial charge in [-0.05, 0) is 62.0 Å². The molecular weight excluding hydrogens is 391 g/mol. The van der Waals surface area contributed by atoms with Crippen molar-refractivity contribution in [2.24, 2.45) is 5.92 Å². The molecule has 144 valence electrons. The van der Waals surface area contributed by atoms with E-state index in [-0.39, 0.29) is 24.8 Å². The molecule has 0 radical (unpaired) electrons. The molecule has 1 fully saturated rings. The highest BCUT2D eigenvalue weighted by molar-refractivity contribution is 6.30. The predicted octanol–water partition coefficient (Wildman–Crippen LogP) is 3.94. The lowest BCUT2D eigenvalue weighted by Crippen LogP contribution is -2.21. The lowest BCUT2D eigenvalue weighted by molar-refractivity contribution is 0.311. The van der Waals surface area contributed by atoms with E-state index in [0.29, 0.717) is 0 Å². The Morgan fingerprint density at radius 2 is 1.96 bits per heavy atom. The number of halogens is 3. The zero-order valence-corrected chi connectivity index (χ0v) is 17.3. The van der Waals surface area contributed by atoms with Gasteiger partial charge in [0, 0.05) is 31.2 Å². The molecule has 2 aromatic rings. The van der Waals surface area contributed by atoms with Crippen molar-refractivity contribution in [3.8, 4) is 0 Å². The first-order valence-electron chi connectivity index (χ1n) is 8.99. The minimum atomic E-state index is 0. The molecule has 0 aliphatic carbocycles. The third-order valence-electron chi connectivity index (χ3n) is 5.14. The Morgan fingerprint density at radius 3 is 2.77 bits per heavy atom. The average molecular weight is 418 g/mol. The smallest absolute Gasteiger partial charge is 0.0768 e. The summed E-state index contributed by atoms with van der Waals surface area (Å²) in [5.74, 6) is 0.744. The minimum absolute atomic E-state index is 0. The van der Waals surface area contributed by atoms with Gasteiger partial charge in [0.2, 0.25) is 0 Å². The minimum Gasteiger partial charge on any atom is -0.311 e. The van der Waals surface area contributed by atoms with Crippen LogP contribution in [0.5, 0.6) is 0 Å². The number of nitrogens with one attached hydrogen (secondary N) is 1. The second-order valence-corrected chi connectivity index (χ2v) is 7.54. The lowest BCUT2D eigenvalue weighted by Gasteiger charge is -2.14. The van der Waals surface area contributed by atoms with Crippen molar-refractivity contribution in [2.45, 2.75) is 38.9 Å². The summed E-state index contributed by atoms with van der Waals surface area (Å²) in [6.45, 7) is 6.42. The van der Waals surface area contributed by atoms with E-state index < -0.39 is 0 Å². The maximum atomic E-state index is 5.97. The number of aromatic nitrogens is 2. The third kappa shape index (κ3) is 5.37. The molecule has 1 saturated heterocycles. The summed E-state index contributed by atoms with van der Waals surface area (Å²) < 4.78 is 2.19. The van der Waals surface area contributed by atoms with Crippen LogP contribution in [0.15, 0.2) is 30.3 Å². The van der Waals surface area contributed by atoms with E-state index in [0.717, 1.165) is 43.5 Å². The molecule has 1 unspecified atom stereocenters. The summed E-state index contributed by atoms with van der Waals surface area (Å²) in [5, 5.41) is 9.10. The zero-order valence-electron chi connectivity index (χ0n) is 14.9. The Balaban J connectivity index is 0.00000121. The maximum absolute atomic E-state index is 5.97. The lowest BCUT2D eigenvalue weighted by atomic mass is 9.99. The zero-order chi connectivity index (χ0) is 16.4. The van der Waals surface area contributed by atoms with Gasteiger partial charge in [0.15, 0.2) is 0 Å². The molecule has 1 aromatic heterocycles. The summed E-state index contributed by atoms with van der Waals surface area (Å²) in [6.07, 6.45) is 3.59. The van der Waals surface area contributed by atoms with Gasteiger partial charge >= 0.3 is 0 Å². The summed E-state index contributed by atoms with van der Waals surface area (Å²) in [6, 6.07) is 10.6. The van der Waals surface area contributed by atoms with Crippen molar-refractivity contribution in [3.63, 3.8) is 0 Å². The standard InChI is InChI=1S/C19H25ClN4.2ClH/c20-17-4-2-15(3-5-17)10-16-6-9-23(13-16)14-18-11-19-12-21-7-1-8-24(19)22-18;;/h2-5,11,16,21H,1,6-10,12-14H2;2*1H. The Hall–Kier alpha value is -0.780. The Morgan fingerprint density at radius 1 is 1.15 bits per heavy atom.